The van der Waals surface area contributed by atoms with Gasteiger partial charge in [-0.05, 0) is 83.5 Å². The van der Waals surface area contributed by atoms with Crippen molar-refractivity contribution in [2.24, 2.45) is 0 Å². The van der Waals surface area contributed by atoms with Crippen LogP contribution in [0.5, 0.6) is 0 Å². The lowest BCUT2D eigenvalue weighted by molar-refractivity contribution is -0.143. The molecule has 0 aromatic heterocycles. The van der Waals surface area contributed by atoms with Crippen molar-refractivity contribution >= 4 is 11.9 Å². The SMILES string of the molecule is CCCCCCCC/C=C\CCCCCCCC(=O)OCCCCC/C=C\CCCCCCCC(=O)NC(CO)C(O)CCCCCCCCCCCCCCCC. The average Bonchev–Trinajstić information content (AvgIpc) is 3.22. The number of allylic oxidation sites excluding steroid dienone is 4. The largest absolute Gasteiger partial charge is 0.466 e. The monoisotopic (exact) mass is 818 g/mol. The summed E-state index contributed by atoms with van der Waals surface area (Å²) < 4.78 is 5.44. The van der Waals surface area contributed by atoms with Gasteiger partial charge in [0, 0.05) is 12.8 Å². The van der Waals surface area contributed by atoms with Gasteiger partial charge in [-0.2, -0.15) is 0 Å². The molecule has 2 unspecified atom stereocenters. The maximum Gasteiger partial charge on any atom is 0.305 e. The van der Waals surface area contributed by atoms with E-state index in [9.17, 15) is 19.8 Å². The van der Waals surface area contributed by atoms with Crippen LogP contribution >= 0.6 is 0 Å². The van der Waals surface area contributed by atoms with Crippen molar-refractivity contribution in [3.05, 3.63) is 24.3 Å². The summed E-state index contributed by atoms with van der Waals surface area (Å²) in [6, 6.07) is -0.559. The van der Waals surface area contributed by atoms with Gasteiger partial charge in [0.15, 0.2) is 0 Å². The molecule has 342 valence electrons. The van der Waals surface area contributed by atoms with Crippen LogP contribution in [0.2, 0.25) is 0 Å². The van der Waals surface area contributed by atoms with Crippen LogP contribution in [0.25, 0.3) is 0 Å². The lowest BCUT2D eigenvalue weighted by atomic mass is 10.0. The van der Waals surface area contributed by atoms with Crippen LogP contribution in [0.4, 0.5) is 0 Å². The normalized spacial score (nSPS) is 12.8. The molecule has 0 fully saturated rings. The van der Waals surface area contributed by atoms with E-state index in [1.54, 1.807) is 0 Å². The van der Waals surface area contributed by atoms with Crippen molar-refractivity contribution in [2.45, 2.75) is 283 Å². The van der Waals surface area contributed by atoms with Crippen LogP contribution in [0.3, 0.4) is 0 Å². The number of ether oxygens (including phenoxy) is 1. The Morgan fingerprint density at radius 1 is 0.466 bits per heavy atom. The van der Waals surface area contributed by atoms with Crippen molar-refractivity contribution in [3.63, 3.8) is 0 Å². The van der Waals surface area contributed by atoms with Crippen molar-refractivity contribution in [1.82, 2.24) is 5.32 Å². The van der Waals surface area contributed by atoms with Gasteiger partial charge in [0.2, 0.25) is 5.91 Å². The van der Waals surface area contributed by atoms with Gasteiger partial charge < -0.3 is 20.3 Å². The zero-order valence-electron chi connectivity index (χ0n) is 38.8. The quantitative estimate of drug-likeness (QED) is 0.0323. The predicted octanol–water partition coefficient (Wildman–Crippen LogP) is 15.1. The molecule has 0 radical (unpaired) electrons. The summed E-state index contributed by atoms with van der Waals surface area (Å²) in [4.78, 5) is 24.4. The van der Waals surface area contributed by atoms with Crippen LogP contribution in [-0.4, -0.2) is 47.4 Å². The van der Waals surface area contributed by atoms with E-state index < -0.39 is 12.1 Å². The Kier molecular flexibility index (Phi) is 46.6. The van der Waals surface area contributed by atoms with E-state index in [0.29, 0.717) is 25.9 Å². The van der Waals surface area contributed by atoms with Gasteiger partial charge in [0.05, 0.1) is 25.4 Å². The molecule has 0 aliphatic carbocycles. The molecular weight excluding hydrogens is 719 g/mol. The maximum atomic E-state index is 12.4. The van der Waals surface area contributed by atoms with Gasteiger partial charge in [0.1, 0.15) is 0 Å². The number of carbonyl (C=O) groups excluding carboxylic acids is 2. The number of carbonyl (C=O) groups is 2. The molecule has 58 heavy (non-hydrogen) atoms. The Labute approximate surface area is 361 Å². The van der Waals surface area contributed by atoms with Crippen LogP contribution in [0.15, 0.2) is 24.3 Å². The van der Waals surface area contributed by atoms with E-state index in [-0.39, 0.29) is 18.5 Å². The number of esters is 1. The summed E-state index contributed by atoms with van der Waals surface area (Å²) >= 11 is 0. The lowest BCUT2D eigenvalue weighted by Crippen LogP contribution is -2.45. The van der Waals surface area contributed by atoms with Gasteiger partial charge in [-0.15, -0.1) is 0 Å². The van der Waals surface area contributed by atoms with Crippen molar-refractivity contribution in [1.29, 1.82) is 0 Å². The molecule has 0 aromatic carbocycles. The summed E-state index contributed by atoms with van der Waals surface area (Å²) in [5, 5.41) is 23.2. The second-order valence-corrected chi connectivity index (χ2v) is 17.5. The number of aliphatic hydroxyl groups is 2. The third-order valence-electron chi connectivity index (χ3n) is 11.7. The molecule has 0 aliphatic heterocycles. The molecular formula is C52H99NO5. The molecule has 2 atom stereocenters. The third-order valence-corrected chi connectivity index (χ3v) is 11.7. The molecule has 0 rings (SSSR count). The Hall–Kier alpha value is -1.66. The Bertz CT molecular complexity index is 904. The first-order chi connectivity index (χ1) is 28.5. The van der Waals surface area contributed by atoms with E-state index in [2.05, 4.69) is 43.5 Å². The summed E-state index contributed by atoms with van der Waals surface area (Å²) in [5.41, 5.74) is 0. The van der Waals surface area contributed by atoms with Crippen LogP contribution < -0.4 is 5.32 Å². The van der Waals surface area contributed by atoms with E-state index in [0.717, 1.165) is 77.0 Å². The molecule has 0 saturated carbocycles. The van der Waals surface area contributed by atoms with Crippen molar-refractivity contribution in [3.8, 4) is 0 Å². The molecule has 6 nitrogen and oxygen atoms in total. The van der Waals surface area contributed by atoms with Gasteiger partial charge in [-0.1, -0.05) is 199 Å². The molecule has 6 heteroatoms. The number of nitrogens with one attached hydrogen (secondary N) is 1. The lowest BCUT2D eigenvalue weighted by Gasteiger charge is -2.22. The van der Waals surface area contributed by atoms with E-state index in [4.69, 9.17) is 4.74 Å². The number of rotatable bonds is 47. The number of aliphatic hydroxyl groups excluding tert-OH is 2. The molecule has 0 aliphatic rings. The minimum Gasteiger partial charge on any atom is -0.466 e. The average molecular weight is 818 g/mol. The summed E-state index contributed by atoms with van der Waals surface area (Å²) in [5.74, 6) is -0.0920. The fourth-order valence-electron chi connectivity index (χ4n) is 7.74. The van der Waals surface area contributed by atoms with Gasteiger partial charge in [-0.25, -0.2) is 0 Å². The molecule has 1 amide bonds. The van der Waals surface area contributed by atoms with Crippen LogP contribution in [-0.2, 0) is 14.3 Å². The Balaban J connectivity index is 3.51. The Morgan fingerprint density at radius 3 is 1.22 bits per heavy atom. The second kappa shape index (κ2) is 48.0. The summed E-state index contributed by atoms with van der Waals surface area (Å²) in [6.45, 7) is 4.88. The smallest absolute Gasteiger partial charge is 0.305 e. The topological polar surface area (TPSA) is 95.9 Å². The number of hydrogen-bond acceptors (Lipinski definition) is 5. The van der Waals surface area contributed by atoms with E-state index >= 15 is 0 Å². The van der Waals surface area contributed by atoms with Gasteiger partial charge in [-0.3, -0.25) is 9.59 Å². The standard InChI is InChI=1S/C52H99NO5/c1-3-5-7-9-11-13-15-17-19-21-26-30-34-38-42-46-52(57)58-47-43-39-35-31-27-23-22-25-29-33-37-41-45-51(56)53-49(48-54)50(55)44-40-36-32-28-24-20-18-16-14-12-10-8-6-4-2/h17,19,23,27,49-50,54-55H,3-16,18,20-22,24-26,28-48H2,1-2H3,(H,53,56)/b19-17-,27-23-. The van der Waals surface area contributed by atoms with Crippen molar-refractivity contribution in [2.75, 3.05) is 13.2 Å². The van der Waals surface area contributed by atoms with Crippen LogP contribution in [0.1, 0.15) is 271 Å². The zero-order chi connectivity index (χ0) is 42.3. The van der Waals surface area contributed by atoms with Gasteiger partial charge in [0.25, 0.3) is 0 Å². The zero-order valence-corrected chi connectivity index (χ0v) is 38.8. The predicted molar refractivity (Wildman–Crippen MR) is 250 cm³/mol. The van der Waals surface area contributed by atoms with Crippen molar-refractivity contribution < 1.29 is 24.5 Å². The molecule has 0 spiro atoms. The van der Waals surface area contributed by atoms with Gasteiger partial charge >= 0.3 is 5.97 Å². The van der Waals surface area contributed by atoms with E-state index in [1.807, 2.05) is 0 Å². The van der Waals surface area contributed by atoms with E-state index in [1.165, 1.54) is 161 Å². The first-order valence-corrected chi connectivity index (χ1v) is 25.6. The molecule has 3 N–H and O–H groups in total. The minimum atomic E-state index is -0.680. The maximum absolute atomic E-state index is 12.4. The molecule has 0 heterocycles. The third kappa shape index (κ3) is 43.9. The number of amides is 1. The highest BCUT2D eigenvalue weighted by molar-refractivity contribution is 5.76. The van der Waals surface area contributed by atoms with Crippen LogP contribution in [0, 0.1) is 0 Å². The fourth-order valence-corrected chi connectivity index (χ4v) is 7.74. The molecule has 0 aromatic rings. The highest BCUT2D eigenvalue weighted by atomic mass is 16.5. The fraction of sp³-hybridized carbons (Fsp3) is 0.885. The molecule has 0 bridgehead atoms. The highest BCUT2D eigenvalue weighted by Gasteiger charge is 2.20. The molecule has 0 saturated heterocycles. The first kappa shape index (κ1) is 56.3. The number of unbranched alkanes of at least 4 members (excludes halogenated alkanes) is 32. The highest BCUT2D eigenvalue weighted by Crippen LogP contribution is 2.16. The second-order valence-electron chi connectivity index (χ2n) is 17.5. The first-order valence-electron chi connectivity index (χ1n) is 25.6. The number of hydrogen-bond donors (Lipinski definition) is 3. The minimum absolute atomic E-state index is 0.0308. The summed E-state index contributed by atoms with van der Waals surface area (Å²) in [7, 11) is 0. The Morgan fingerprint density at radius 2 is 0.810 bits per heavy atom. The summed E-state index contributed by atoms with van der Waals surface area (Å²) in [6.07, 6.45) is 55.7.